The van der Waals surface area contributed by atoms with Gasteiger partial charge in [0.25, 0.3) is 0 Å². The Morgan fingerprint density at radius 3 is 2.79 bits per heavy atom. The van der Waals surface area contributed by atoms with Crippen molar-refractivity contribution >= 4 is 11.9 Å². The fraction of sp³-hybridized carbons (Fsp3) is 0.333. The molecule has 0 N–H and O–H groups in total. The Hall–Kier alpha value is -2.10. The van der Waals surface area contributed by atoms with Gasteiger partial charge in [-0.15, -0.1) is 0 Å². The number of benzene rings is 1. The number of rotatable bonds is 3. The second-order valence-corrected chi connectivity index (χ2v) is 5.26. The van der Waals surface area contributed by atoms with Crippen molar-refractivity contribution < 1.29 is 14.3 Å². The maximum atomic E-state index is 12.0. The lowest BCUT2D eigenvalue weighted by Crippen LogP contribution is -2.58. The van der Waals surface area contributed by atoms with E-state index in [-0.39, 0.29) is 18.1 Å². The normalized spacial score (nSPS) is 24.6. The number of nitrogens with zero attached hydrogens (tertiary/aromatic N) is 1. The van der Waals surface area contributed by atoms with E-state index in [1.807, 2.05) is 37.3 Å². The third kappa shape index (κ3) is 1.93. The minimum atomic E-state index is -0.416. The van der Waals surface area contributed by atoms with E-state index in [0.29, 0.717) is 12.1 Å². The van der Waals surface area contributed by atoms with Gasteiger partial charge in [-0.3, -0.25) is 9.69 Å². The molecule has 1 amide bonds. The fourth-order valence-corrected chi connectivity index (χ4v) is 2.66. The first-order chi connectivity index (χ1) is 9.10. The molecule has 0 spiro atoms. The van der Waals surface area contributed by atoms with Crippen LogP contribution in [0.5, 0.6) is 0 Å². The highest BCUT2D eigenvalue weighted by molar-refractivity contribution is 5.99. The first-order valence-electron chi connectivity index (χ1n) is 6.34. The van der Waals surface area contributed by atoms with Gasteiger partial charge >= 0.3 is 5.97 Å². The first-order valence-corrected chi connectivity index (χ1v) is 6.34. The van der Waals surface area contributed by atoms with Gasteiger partial charge in [0.1, 0.15) is 12.3 Å². The predicted octanol–water partition coefficient (Wildman–Crippen LogP) is 2.01. The number of hydrogen-bond acceptors (Lipinski definition) is 3. The molecule has 1 fully saturated rings. The zero-order chi connectivity index (χ0) is 13.5. The highest BCUT2D eigenvalue weighted by Gasteiger charge is 2.53. The molecule has 4 heteroatoms. The number of amides is 1. The third-order valence-electron chi connectivity index (χ3n) is 3.72. The quantitative estimate of drug-likeness (QED) is 0.614. The number of esters is 1. The lowest BCUT2D eigenvalue weighted by atomic mass is 9.86. The summed E-state index contributed by atoms with van der Waals surface area (Å²) in [5.74, 6) is -0.413. The number of β-lactam (4-membered cyclic amide) rings is 1. The molecular weight excluding hydrogens is 242 g/mol. The number of ether oxygens (including phenoxy) is 1. The Balaban J connectivity index is 1.64. The first kappa shape index (κ1) is 12.0. The molecule has 0 radical (unpaired) electrons. The van der Waals surface area contributed by atoms with Crippen LogP contribution in [-0.4, -0.2) is 22.3 Å². The Morgan fingerprint density at radius 2 is 2.11 bits per heavy atom. The number of carbonyl (C=O) groups is 2. The lowest BCUT2D eigenvalue weighted by molar-refractivity contribution is -0.156. The molecule has 2 aliphatic heterocycles. The van der Waals surface area contributed by atoms with Gasteiger partial charge in [0.2, 0.25) is 5.91 Å². The highest BCUT2D eigenvalue weighted by atomic mass is 16.5. The molecular formula is C15H15NO3. The summed E-state index contributed by atoms with van der Waals surface area (Å²) in [6, 6.07) is 9.50. The minimum Gasteiger partial charge on any atom is -0.456 e. The zero-order valence-electron chi connectivity index (χ0n) is 10.8. The van der Waals surface area contributed by atoms with Crippen molar-refractivity contribution in [2.75, 3.05) is 0 Å². The number of hydrogen-bond donors (Lipinski definition) is 0. The molecule has 1 atom stereocenters. The van der Waals surface area contributed by atoms with Gasteiger partial charge in [0.15, 0.2) is 0 Å². The third-order valence-corrected chi connectivity index (χ3v) is 3.72. The average molecular weight is 257 g/mol. The van der Waals surface area contributed by atoms with Gasteiger partial charge in [-0.2, -0.15) is 0 Å². The maximum Gasteiger partial charge on any atom is 0.355 e. The standard InChI is InChI=1S/C15H15NO3/c1-15-8-7-12(16(15)13(17)9-15)14(18)19-10-11-5-3-2-4-6-11/h2-7H,8-10H2,1H3/t15-/m1/s1. The minimum absolute atomic E-state index is 0.00270. The van der Waals surface area contributed by atoms with Crippen LogP contribution < -0.4 is 0 Å². The van der Waals surface area contributed by atoms with E-state index in [1.54, 1.807) is 11.0 Å². The molecule has 19 heavy (non-hydrogen) atoms. The molecule has 1 aromatic rings. The summed E-state index contributed by atoms with van der Waals surface area (Å²) in [6.45, 7) is 2.22. The topological polar surface area (TPSA) is 46.6 Å². The van der Waals surface area contributed by atoms with Crippen LogP contribution in [0.25, 0.3) is 0 Å². The van der Waals surface area contributed by atoms with Gasteiger partial charge in [0.05, 0.1) is 12.0 Å². The van der Waals surface area contributed by atoms with Crippen molar-refractivity contribution in [3.05, 3.63) is 47.7 Å². The average Bonchev–Trinajstić information content (AvgIpc) is 2.68. The maximum absolute atomic E-state index is 12.0. The van der Waals surface area contributed by atoms with E-state index in [4.69, 9.17) is 4.74 Å². The SMILES string of the molecule is C[C@]12CC=C(C(=O)OCc3ccccc3)N1C(=O)C2. The summed E-state index contributed by atoms with van der Waals surface area (Å²) < 4.78 is 5.26. The van der Waals surface area contributed by atoms with Crippen LogP contribution in [0.1, 0.15) is 25.3 Å². The predicted molar refractivity (Wildman–Crippen MR) is 68.8 cm³/mol. The highest BCUT2D eigenvalue weighted by Crippen LogP contribution is 2.43. The molecule has 0 aromatic heterocycles. The summed E-state index contributed by atoms with van der Waals surface area (Å²) in [5, 5.41) is 0. The van der Waals surface area contributed by atoms with E-state index >= 15 is 0 Å². The zero-order valence-corrected chi connectivity index (χ0v) is 10.8. The van der Waals surface area contributed by atoms with Crippen LogP contribution in [-0.2, 0) is 20.9 Å². The molecule has 3 rings (SSSR count). The summed E-state index contributed by atoms with van der Waals surface area (Å²) >= 11 is 0. The molecule has 2 heterocycles. The lowest BCUT2D eigenvalue weighted by Gasteiger charge is -2.45. The van der Waals surface area contributed by atoms with Crippen molar-refractivity contribution in [3.63, 3.8) is 0 Å². The molecule has 2 aliphatic rings. The van der Waals surface area contributed by atoms with Gasteiger partial charge in [-0.25, -0.2) is 4.79 Å². The number of carbonyl (C=O) groups excluding carboxylic acids is 2. The smallest absolute Gasteiger partial charge is 0.355 e. The molecule has 4 nitrogen and oxygen atoms in total. The van der Waals surface area contributed by atoms with Crippen LogP contribution >= 0.6 is 0 Å². The van der Waals surface area contributed by atoms with E-state index in [0.717, 1.165) is 12.0 Å². The van der Waals surface area contributed by atoms with Crippen LogP contribution in [0.2, 0.25) is 0 Å². The van der Waals surface area contributed by atoms with Gasteiger partial charge in [0, 0.05) is 0 Å². The fourth-order valence-electron chi connectivity index (χ4n) is 2.66. The van der Waals surface area contributed by atoms with Crippen LogP contribution in [0, 0.1) is 0 Å². The van der Waals surface area contributed by atoms with Gasteiger partial charge in [-0.05, 0) is 18.9 Å². The molecule has 0 bridgehead atoms. The Kier molecular flexibility index (Phi) is 2.66. The molecule has 1 saturated heterocycles. The molecule has 98 valence electrons. The molecule has 0 saturated carbocycles. The van der Waals surface area contributed by atoms with Gasteiger partial charge in [-0.1, -0.05) is 36.4 Å². The van der Waals surface area contributed by atoms with Crippen LogP contribution in [0.4, 0.5) is 0 Å². The Morgan fingerprint density at radius 1 is 1.37 bits per heavy atom. The summed E-state index contributed by atoms with van der Waals surface area (Å²) in [4.78, 5) is 25.2. The number of fused-ring (bicyclic) bond motifs is 1. The van der Waals surface area contributed by atoms with Crippen LogP contribution in [0.3, 0.4) is 0 Å². The van der Waals surface area contributed by atoms with E-state index < -0.39 is 5.97 Å². The van der Waals surface area contributed by atoms with Crippen molar-refractivity contribution in [1.82, 2.24) is 4.90 Å². The summed E-state index contributed by atoms with van der Waals surface area (Å²) in [5.41, 5.74) is 1.14. The Labute approximate surface area is 111 Å². The van der Waals surface area contributed by atoms with Crippen molar-refractivity contribution in [2.45, 2.75) is 31.9 Å². The van der Waals surface area contributed by atoms with Crippen LogP contribution in [0.15, 0.2) is 42.1 Å². The monoisotopic (exact) mass is 257 g/mol. The van der Waals surface area contributed by atoms with Crippen molar-refractivity contribution in [1.29, 1.82) is 0 Å². The summed E-state index contributed by atoms with van der Waals surface area (Å²) in [7, 11) is 0. The van der Waals surface area contributed by atoms with Gasteiger partial charge < -0.3 is 4.74 Å². The van der Waals surface area contributed by atoms with E-state index in [9.17, 15) is 9.59 Å². The second-order valence-electron chi connectivity index (χ2n) is 5.26. The molecule has 0 unspecified atom stereocenters. The van der Waals surface area contributed by atoms with Crippen molar-refractivity contribution in [3.8, 4) is 0 Å². The largest absolute Gasteiger partial charge is 0.456 e. The van der Waals surface area contributed by atoms with Crippen molar-refractivity contribution in [2.24, 2.45) is 0 Å². The van der Waals surface area contributed by atoms with E-state index in [1.165, 1.54) is 0 Å². The molecule has 0 aliphatic carbocycles. The van der Waals surface area contributed by atoms with E-state index in [2.05, 4.69) is 0 Å². The molecule has 1 aromatic carbocycles. The second kappa shape index (κ2) is 4.23. The summed E-state index contributed by atoms with van der Waals surface area (Å²) in [6.07, 6.45) is 3.05. The Bertz CT molecular complexity index is 564.